The van der Waals surface area contributed by atoms with Crippen LogP contribution in [-0.2, 0) is 69.1 Å². The molecule has 0 spiro atoms. The van der Waals surface area contributed by atoms with Gasteiger partial charge in [-0.3, -0.25) is 18.2 Å². The molecular formula is C25H25N7O18S6. The number of nitrogens with zero attached hydrogens (tertiary/aromatic N) is 5. The van der Waals surface area contributed by atoms with Gasteiger partial charge in [0.05, 0.1) is 34.5 Å². The van der Waals surface area contributed by atoms with Crippen LogP contribution in [0.5, 0.6) is 0 Å². The summed E-state index contributed by atoms with van der Waals surface area (Å²) in [4.78, 5) is 0.743. The molecule has 1 aromatic heterocycles. The van der Waals surface area contributed by atoms with E-state index in [-0.39, 0.29) is 22.1 Å². The summed E-state index contributed by atoms with van der Waals surface area (Å²) in [5, 5.41) is 14.7. The number of pyridine rings is 1. The van der Waals surface area contributed by atoms with Gasteiger partial charge < -0.3 is 11.5 Å². The normalized spacial score (nSPS) is 13.6. The minimum Gasteiger partial charge on any atom is -0.382 e. The monoisotopic (exact) mass is 903 g/mol. The van der Waals surface area contributed by atoms with Crippen molar-refractivity contribution >= 4 is 106 Å². The highest BCUT2D eigenvalue weighted by Gasteiger charge is 2.25. The van der Waals surface area contributed by atoms with E-state index >= 15 is 0 Å². The van der Waals surface area contributed by atoms with Crippen LogP contribution < -0.4 is 11.5 Å². The summed E-state index contributed by atoms with van der Waals surface area (Å²) >= 11 is 0. The average molecular weight is 904 g/mol. The zero-order chi connectivity index (χ0) is 42.1. The van der Waals surface area contributed by atoms with Crippen molar-refractivity contribution in [2.24, 2.45) is 20.5 Å². The molecule has 0 atom stereocenters. The van der Waals surface area contributed by atoms with Gasteiger partial charge in [0.15, 0.2) is 31.3 Å². The molecule has 31 heteroatoms. The van der Waals surface area contributed by atoms with E-state index in [4.69, 9.17) is 20.6 Å². The fourth-order valence-electron chi connectivity index (χ4n) is 4.42. The molecule has 4 rings (SSSR count). The Labute approximate surface area is 317 Å². The van der Waals surface area contributed by atoms with Crippen LogP contribution in [0, 0.1) is 0 Å². The van der Waals surface area contributed by atoms with Gasteiger partial charge >= 0.3 is 20.8 Å². The molecule has 0 fully saturated rings. The molecule has 56 heavy (non-hydrogen) atoms. The molecule has 1 heterocycles. The smallest absolute Gasteiger partial charge is 0.382 e. The third kappa shape index (κ3) is 11.4. The number of aromatic nitrogens is 1. The number of hydrogen-bond acceptors (Lipinski definition) is 21. The van der Waals surface area contributed by atoms with Crippen molar-refractivity contribution in [3.8, 4) is 0 Å². The zero-order valence-corrected chi connectivity index (χ0v) is 32.3. The number of anilines is 2. The molecule has 0 amide bonds. The summed E-state index contributed by atoms with van der Waals surface area (Å²) in [6, 6.07) is 8.29. The average Bonchev–Trinajstić information content (AvgIpc) is 3.04. The molecule has 0 unspecified atom stereocenters. The lowest BCUT2D eigenvalue weighted by Crippen LogP contribution is -2.16. The quantitative estimate of drug-likeness (QED) is 0.0690. The molecule has 0 aliphatic carbocycles. The Balaban J connectivity index is 1.69. The number of fused-ring (bicyclic) bond motifs is 1. The fraction of sp³-hybridized carbons (Fsp3) is 0.160. The fourth-order valence-corrected chi connectivity index (χ4v) is 9.01. The Hall–Kier alpha value is -4.67. The molecule has 0 saturated carbocycles. The van der Waals surface area contributed by atoms with Crippen LogP contribution in [-0.4, -0.2) is 98.4 Å². The first-order valence-electron chi connectivity index (χ1n) is 14.3. The number of azo groups is 2. The summed E-state index contributed by atoms with van der Waals surface area (Å²) in [5.74, 6) is -2.79. The van der Waals surface area contributed by atoms with Gasteiger partial charge in [0.25, 0.3) is 20.2 Å². The topological polar surface area (TPSA) is 419 Å². The predicted molar refractivity (Wildman–Crippen MR) is 191 cm³/mol. The molecule has 3 aromatic carbocycles. The first-order chi connectivity index (χ1) is 25.6. The van der Waals surface area contributed by atoms with Crippen LogP contribution in [0.15, 0.2) is 94.6 Å². The molecular weight excluding hydrogens is 879 g/mol. The highest BCUT2D eigenvalue weighted by atomic mass is 32.3. The van der Waals surface area contributed by atoms with Crippen molar-refractivity contribution in [3.05, 3.63) is 54.6 Å². The summed E-state index contributed by atoms with van der Waals surface area (Å²) in [7, 11) is -28.9. The van der Waals surface area contributed by atoms with E-state index in [1.165, 1.54) is 6.07 Å². The summed E-state index contributed by atoms with van der Waals surface area (Å²) in [6.07, 6.45) is 0. The lowest BCUT2D eigenvalue weighted by atomic mass is 10.1. The lowest BCUT2D eigenvalue weighted by Gasteiger charge is -2.10. The maximum absolute atomic E-state index is 12.7. The molecule has 25 nitrogen and oxygen atoms in total. The number of nitrogen functional groups attached to an aromatic ring is 2. The van der Waals surface area contributed by atoms with Crippen LogP contribution in [0.3, 0.4) is 0 Å². The molecule has 8 N–H and O–H groups in total. The Kier molecular flexibility index (Phi) is 12.6. The van der Waals surface area contributed by atoms with E-state index in [0.29, 0.717) is 6.07 Å². The molecule has 0 saturated heterocycles. The van der Waals surface area contributed by atoms with Crippen molar-refractivity contribution in [2.45, 2.75) is 19.6 Å². The number of nitrogens with two attached hydrogens (primary N) is 2. The maximum atomic E-state index is 12.7. The molecule has 0 radical (unpaired) electrons. The van der Waals surface area contributed by atoms with Gasteiger partial charge in [0.2, 0.25) is 0 Å². The maximum Gasteiger partial charge on any atom is 0.397 e. The van der Waals surface area contributed by atoms with Crippen molar-refractivity contribution in [1.29, 1.82) is 0 Å². The summed E-state index contributed by atoms with van der Waals surface area (Å²) < 4.78 is 188. The zero-order valence-electron chi connectivity index (χ0n) is 27.4. The number of rotatable bonds is 16. The first-order valence-corrected chi connectivity index (χ1v) is 23.2. The van der Waals surface area contributed by atoms with E-state index in [2.05, 4.69) is 33.8 Å². The van der Waals surface area contributed by atoms with Crippen LogP contribution in [0.2, 0.25) is 0 Å². The molecule has 0 aliphatic heterocycles. The summed E-state index contributed by atoms with van der Waals surface area (Å²) in [6.45, 7) is -1.98. The molecule has 0 aliphatic rings. The highest BCUT2D eigenvalue weighted by Crippen LogP contribution is 2.37. The van der Waals surface area contributed by atoms with Gasteiger partial charge in [0.1, 0.15) is 32.5 Å². The van der Waals surface area contributed by atoms with Crippen molar-refractivity contribution in [3.63, 3.8) is 0 Å². The summed E-state index contributed by atoms with van der Waals surface area (Å²) in [5.41, 5.74) is 9.83. The molecule has 4 aromatic rings. The highest BCUT2D eigenvalue weighted by molar-refractivity contribution is 7.92. The van der Waals surface area contributed by atoms with Crippen LogP contribution in [0.1, 0.15) is 0 Å². The van der Waals surface area contributed by atoms with Gasteiger partial charge in [-0.1, -0.05) is 12.1 Å². The van der Waals surface area contributed by atoms with E-state index in [1.54, 1.807) is 0 Å². The standard InChI is InChI=1S/C25H25N7O18S6/c26-24-20(31-29-18-6-3-16(12-22(18)53(37,38)39)52(35,36)10-8-50-56(46,47)48)13-21(25(27)28-24)32-30-19-5-1-14-11-15(2-4-17(14)23(19)54(40,41)42)51(33,34)9-7-49-55(43,44)45/h1-6,11-13H,7-10H2,(H4,26,27,28)(H,37,38,39)(H,40,41,42)(H,43,44,45)(H,46,47,48). The molecule has 0 bridgehead atoms. The van der Waals surface area contributed by atoms with Crippen molar-refractivity contribution in [1.82, 2.24) is 4.98 Å². The van der Waals surface area contributed by atoms with E-state index < -0.39 is 128 Å². The number of benzene rings is 3. The van der Waals surface area contributed by atoms with Crippen LogP contribution in [0.25, 0.3) is 10.8 Å². The van der Waals surface area contributed by atoms with Gasteiger partial charge in [-0.05, 0) is 41.8 Å². The van der Waals surface area contributed by atoms with Gasteiger partial charge in [-0.15, -0.1) is 20.5 Å². The Morgan fingerprint density at radius 1 is 0.536 bits per heavy atom. The molecule has 304 valence electrons. The van der Waals surface area contributed by atoms with Crippen molar-refractivity contribution < 1.29 is 77.1 Å². The SMILES string of the molecule is Nc1nc(N)c(N=Nc2ccc3cc(S(=O)(=O)CCOS(=O)(=O)O)ccc3c2S(=O)(=O)O)cc1N=Nc1ccc(S(=O)(=O)CCOS(=O)(=O)O)cc1S(=O)(=O)O. The first kappa shape index (κ1) is 44.0. The Bertz CT molecular complexity index is 2980. The third-order valence-electron chi connectivity index (χ3n) is 6.85. The number of sulfone groups is 2. The predicted octanol–water partition coefficient (Wildman–Crippen LogP) is 1.91. The second kappa shape index (κ2) is 16.1. The largest absolute Gasteiger partial charge is 0.397 e. The van der Waals surface area contributed by atoms with E-state index in [9.17, 15) is 59.6 Å². The Morgan fingerprint density at radius 3 is 1.46 bits per heavy atom. The Morgan fingerprint density at radius 2 is 0.982 bits per heavy atom. The minimum absolute atomic E-state index is 0.0502. The van der Waals surface area contributed by atoms with E-state index in [1.807, 2.05) is 0 Å². The second-order valence-corrected chi connectivity index (χ2v) is 19.9. The second-order valence-electron chi connectivity index (χ2n) is 10.7. The number of hydrogen-bond donors (Lipinski definition) is 6. The third-order valence-corrected chi connectivity index (χ3v) is 13.0. The van der Waals surface area contributed by atoms with Gasteiger partial charge in [0, 0.05) is 11.5 Å². The van der Waals surface area contributed by atoms with Crippen LogP contribution >= 0.6 is 0 Å². The van der Waals surface area contributed by atoms with Crippen LogP contribution in [0.4, 0.5) is 34.4 Å². The van der Waals surface area contributed by atoms with Gasteiger partial charge in [-0.2, -0.15) is 33.7 Å². The lowest BCUT2D eigenvalue weighted by molar-refractivity contribution is 0.282. The van der Waals surface area contributed by atoms with Crippen molar-refractivity contribution in [2.75, 3.05) is 36.2 Å². The van der Waals surface area contributed by atoms with E-state index in [0.717, 1.165) is 42.5 Å². The van der Waals surface area contributed by atoms with Gasteiger partial charge in [-0.25, -0.2) is 30.2 Å². The minimum atomic E-state index is -5.20.